The third-order valence-electron chi connectivity index (χ3n) is 7.44. The first-order valence-electron chi connectivity index (χ1n) is 12.9. The average molecular weight is 526 g/mol. The molecule has 3 aromatic heterocycles. The van der Waals surface area contributed by atoms with Crippen molar-refractivity contribution in [1.82, 2.24) is 35.1 Å². The molecular weight excluding hydrogens is 500 g/mol. The minimum Gasteiger partial charge on any atom is -0.420 e. The second kappa shape index (κ2) is 9.39. The molecule has 3 aromatic carbocycles. The zero-order chi connectivity index (χ0) is 26.5. The first-order valence-corrected chi connectivity index (χ1v) is 12.9. The summed E-state index contributed by atoms with van der Waals surface area (Å²) < 4.78 is 36.3. The highest BCUT2D eigenvalue weighted by Crippen LogP contribution is 2.33. The number of aromatic amines is 1. The Labute approximate surface area is 222 Å². The van der Waals surface area contributed by atoms with Crippen LogP contribution in [0.2, 0.25) is 0 Å². The molecule has 1 saturated heterocycles. The molecule has 0 spiro atoms. The zero-order valence-electron chi connectivity index (χ0n) is 21.2. The van der Waals surface area contributed by atoms with E-state index in [-0.39, 0.29) is 18.0 Å². The van der Waals surface area contributed by atoms with Crippen LogP contribution >= 0.6 is 0 Å². The molecule has 0 aliphatic carbocycles. The molecule has 6 aromatic rings. The van der Waals surface area contributed by atoms with Crippen LogP contribution in [-0.4, -0.2) is 48.2 Å². The lowest BCUT2D eigenvalue weighted by molar-refractivity contribution is 0.182. The van der Waals surface area contributed by atoms with E-state index < -0.39 is 11.6 Å². The maximum atomic E-state index is 14.2. The van der Waals surface area contributed by atoms with Crippen LogP contribution in [-0.2, 0) is 13.6 Å². The normalized spacial score (nSPS) is 16.4. The first kappa shape index (κ1) is 23.7. The number of H-pyrrole nitrogens is 1. The highest BCUT2D eigenvalue weighted by Gasteiger charge is 2.27. The summed E-state index contributed by atoms with van der Waals surface area (Å²) in [6.07, 6.45) is 3.74. The Bertz CT molecular complexity index is 1800. The number of halogens is 2. The predicted octanol–water partition coefficient (Wildman–Crippen LogP) is 5.82. The molecule has 1 N–H and O–H groups in total. The molecule has 7 rings (SSSR count). The van der Waals surface area contributed by atoms with Crippen molar-refractivity contribution >= 4 is 21.8 Å². The minimum absolute atomic E-state index is 0.00531. The van der Waals surface area contributed by atoms with Gasteiger partial charge in [-0.25, -0.2) is 8.78 Å². The second-order valence-corrected chi connectivity index (χ2v) is 10.1. The monoisotopic (exact) mass is 525 g/mol. The number of nitrogens with zero attached hydrogens (tertiary/aromatic N) is 6. The molecule has 1 fully saturated rings. The van der Waals surface area contributed by atoms with Crippen molar-refractivity contribution in [3.63, 3.8) is 0 Å². The molecule has 0 bridgehead atoms. The fraction of sp³-hybridized carbons (Fsp3) is 0.241. The van der Waals surface area contributed by atoms with Gasteiger partial charge in [-0.2, -0.15) is 10.2 Å². The standard InChI is InChI=1S/C29H25F2N7O/c1-37-14-20-12-17(7-9-25(20)36-37)27-21-13-18(8-10-26(21)32-33-27)28-34-35-29(39-28)19-4-3-11-38(15-19)16-22-23(30)5-2-6-24(22)31/h2,5-10,12-14,19H,3-4,11,15-16H2,1H3,(H,32,33). The Morgan fingerprint density at radius 1 is 1.03 bits per heavy atom. The number of hydrogen-bond donors (Lipinski definition) is 1. The summed E-state index contributed by atoms with van der Waals surface area (Å²) in [7, 11) is 1.91. The van der Waals surface area contributed by atoms with Gasteiger partial charge in [-0.1, -0.05) is 12.1 Å². The number of benzene rings is 3. The van der Waals surface area contributed by atoms with Crippen LogP contribution in [0.5, 0.6) is 0 Å². The Morgan fingerprint density at radius 2 is 1.87 bits per heavy atom. The number of rotatable bonds is 5. The van der Waals surface area contributed by atoms with E-state index in [0.717, 1.165) is 58.0 Å². The van der Waals surface area contributed by atoms with Gasteiger partial charge in [-0.15, -0.1) is 10.2 Å². The van der Waals surface area contributed by atoms with E-state index in [0.29, 0.717) is 18.3 Å². The number of fused-ring (bicyclic) bond motifs is 2. The SMILES string of the molecule is Cn1cc2cc(-c3n[nH]c4ccc(-c5nnc(C6CCCN(Cc7c(F)cccc7F)C6)o5)cc34)ccc2n1. The summed E-state index contributed by atoms with van der Waals surface area (Å²) in [5, 5.41) is 22.8. The topological polar surface area (TPSA) is 88.7 Å². The quantitative estimate of drug-likeness (QED) is 0.305. The molecule has 0 saturated carbocycles. The average Bonchev–Trinajstić information content (AvgIpc) is 3.68. The summed E-state index contributed by atoms with van der Waals surface area (Å²) >= 11 is 0. The van der Waals surface area contributed by atoms with Crippen LogP contribution in [0.1, 0.15) is 30.2 Å². The number of aromatic nitrogens is 6. The van der Waals surface area contributed by atoms with Gasteiger partial charge in [0.15, 0.2) is 0 Å². The van der Waals surface area contributed by atoms with Crippen LogP contribution in [0, 0.1) is 11.6 Å². The summed E-state index contributed by atoms with van der Waals surface area (Å²) in [6, 6.07) is 16.0. The summed E-state index contributed by atoms with van der Waals surface area (Å²) in [6.45, 7) is 1.56. The van der Waals surface area contributed by atoms with Crippen molar-refractivity contribution in [2.45, 2.75) is 25.3 Å². The molecule has 10 heteroatoms. The first-order chi connectivity index (χ1) is 19.0. The van der Waals surface area contributed by atoms with Gasteiger partial charge in [-0.3, -0.25) is 14.7 Å². The lowest BCUT2D eigenvalue weighted by atomic mass is 9.97. The molecule has 1 aliphatic rings. The third-order valence-corrected chi connectivity index (χ3v) is 7.44. The number of hydrogen-bond acceptors (Lipinski definition) is 6. The molecule has 8 nitrogen and oxygen atoms in total. The van der Waals surface area contributed by atoms with Gasteiger partial charge in [0.2, 0.25) is 11.8 Å². The Kier molecular flexibility index (Phi) is 5.70. The second-order valence-electron chi connectivity index (χ2n) is 10.1. The van der Waals surface area contributed by atoms with E-state index in [1.807, 2.05) is 48.5 Å². The predicted molar refractivity (Wildman–Crippen MR) is 143 cm³/mol. The fourth-order valence-electron chi connectivity index (χ4n) is 5.49. The van der Waals surface area contributed by atoms with Crippen molar-refractivity contribution < 1.29 is 13.2 Å². The Hall–Kier alpha value is -4.44. The maximum Gasteiger partial charge on any atom is 0.247 e. The number of likely N-dealkylation sites (tertiary alicyclic amines) is 1. The number of aryl methyl sites for hydroxylation is 1. The molecule has 1 unspecified atom stereocenters. The molecular formula is C29H25F2N7O. The summed E-state index contributed by atoms with van der Waals surface area (Å²) in [5.41, 5.74) is 4.55. The fourth-order valence-corrected chi connectivity index (χ4v) is 5.49. The molecule has 196 valence electrons. The molecule has 4 heterocycles. The molecule has 0 radical (unpaired) electrons. The van der Waals surface area contributed by atoms with Crippen molar-refractivity contribution in [2.75, 3.05) is 13.1 Å². The molecule has 1 aliphatic heterocycles. The molecule has 39 heavy (non-hydrogen) atoms. The van der Waals surface area contributed by atoms with Gasteiger partial charge in [0.05, 0.1) is 22.6 Å². The van der Waals surface area contributed by atoms with Gasteiger partial charge in [0.25, 0.3) is 0 Å². The molecule has 0 amide bonds. The van der Waals surface area contributed by atoms with Crippen molar-refractivity contribution in [2.24, 2.45) is 7.05 Å². The largest absolute Gasteiger partial charge is 0.420 e. The van der Waals surface area contributed by atoms with Crippen molar-refractivity contribution in [3.05, 3.63) is 83.9 Å². The van der Waals surface area contributed by atoms with Crippen LogP contribution in [0.3, 0.4) is 0 Å². The van der Waals surface area contributed by atoms with Crippen LogP contribution < -0.4 is 0 Å². The number of piperidine rings is 1. The van der Waals surface area contributed by atoms with Crippen LogP contribution in [0.15, 0.2) is 65.2 Å². The maximum absolute atomic E-state index is 14.2. The lowest BCUT2D eigenvalue weighted by Gasteiger charge is -2.31. The van der Waals surface area contributed by atoms with Gasteiger partial charge >= 0.3 is 0 Å². The third kappa shape index (κ3) is 4.36. The van der Waals surface area contributed by atoms with Crippen molar-refractivity contribution in [1.29, 1.82) is 0 Å². The molecule has 1 atom stereocenters. The van der Waals surface area contributed by atoms with E-state index >= 15 is 0 Å². The highest BCUT2D eigenvalue weighted by atomic mass is 19.1. The summed E-state index contributed by atoms with van der Waals surface area (Å²) in [5.74, 6) is -0.0790. The van der Waals surface area contributed by atoms with Gasteiger partial charge in [-0.05, 0) is 61.9 Å². The van der Waals surface area contributed by atoms with E-state index in [1.165, 1.54) is 18.2 Å². The Morgan fingerprint density at radius 3 is 2.74 bits per heavy atom. The van der Waals surface area contributed by atoms with E-state index in [4.69, 9.17) is 4.42 Å². The van der Waals surface area contributed by atoms with E-state index in [2.05, 4.69) is 31.6 Å². The smallest absolute Gasteiger partial charge is 0.247 e. The van der Waals surface area contributed by atoms with Crippen molar-refractivity contribution in [3.8, 4) is 22.7 Å². The van der Waals surface area contributed by atoms with E-state index in [9.17, 15) is 8.78 Å². The van der Waals surface area contributed by atoms with Crippen LogP contribution in [0.4, 0.5) is 8.78 Å². The Balaban J connectivity index is 1.14. The van der Waals surface area contributed by atoms with Gasteiger partial charge in [0.1, 0.15) is 11.6 Å². The van der Waals surface area contributed by atoms with Gasteiger partial charge in [0, 0.05) is 53.8 Å². The van der Waals surface area contributed by atoms with E-state index in [1.54, 1.807) is 4.68 Å². The summed E-state index contributed by atoms with van der Waals surface area (Å²) in [4.78, 5) is 2.04. The zero-order valence-corrected chi connectivity index (χ0v) is 21.2. The minimum atomic E-state index is -0.522. The lowest BCUT2D eigenvalue weighted by Crippen LogP contribution is -2.34. The van der Waals surface area contributed by atoms with Crippen LogP contribution in [0.25, 0.3) is 44.5 Å². The van der Waals surface area contributed by atoms with Gasteiger partial charge < -0.3 is 4.42 Å². The highest BCUT2D eigenvalue weighted by molar-refractivity contribution is 5.97. The number of nitrogens with one attached hydrogen (secondary N) is 1.